The van der Waals surface area contributed by atoms with E-state index < -0.39 is 0 Å². The van der Waals surface area contributed by atoms with Crippen LogP contribution in [-0.4, -0.2) is 34.9 Å². The van der Waals surface area contributed by atoms with Crippen molar-refractivity contribution < 1.29 is 14.3 Å². The minimum Gasteiger partial charge on any atom is -0.490 e. The molecule has 0 aliphatic carbocycles. The molecule has 0 amide bonds. The lowest BCUT2D eigenvalue weighted by molar-refractivity contribution is -0.141. The number of hydrogen-bond acceptors (Lipinski definition) is 6. The number of aromatic nitrogens is 2. The van der Waals surface area contributed by atoms with Gasteiger partial charge in [-0.1, -0.05) is 36.0 Å². The Morgan fingerprint density at radius 3 is 2.76 bits per heavy atom. The van der Waals surface area contributed by atoms with Gasteiger partial charge in [-0.15, -0.1) is 0 Å². The first kappa shape index (κ1) is 17.2. The predicted molar refractivity (Wildman–Crippen MR) is 97.9 cm³/mol. The fourth-order valence-electron chi connectivity index (χ4n) is 2.20. The van der Waals surface area contributed by atoms with Crippen molar-refractivity contribution in [2.24, 2.45) is 0 Å². The summed E-state index contributed by atoms with van der Waals surface area (Å²) in [6, 6.07) is 15.4. The number of esters is 1. The Balaban J connectivity index is 1.40. The van der Waals surface area contributed by atoms with Crippen molar-refractivity contribution in [3.05, 3.63) is 60.3 Å². The number of carbonyl (C=O) groups is 1. The molecule has 0 aliphatic rings. The fourth-order valence-corrected chi connectivity index (χ4v) is 2.84. The van der Waals surface area contributed by atoms with Gasteiger partial charge in [0.15, 0.2) is 0 Å². The van der Waals surface area contributed by atoms with Gasteiger partial charge < -0.3 is 9.47 Å². The van der Waals surface area contributed by atoms with Gasteiger partial charge in [-0.2, -0.15) is 0 Å². The highest BCUT2D eigenvalue weighted by atomic mass is 32.2. The summed E-state index contributed by atoms with van der Waals surface area (Å²) in [4.78, 5) is 20.6. The Labute approximate surface area is 150 Å². The lowest BCUT2D eigenvalue weighted by atomic mass is 10.2. The average molecular weight is 354 g/mol. The number of aryl methyl sites for hydroxylation is 1. The second kappa shape index (κ2) is 8.48. The van der Waals surface area contributed by atoms with Gasteiger partial charge in [0.1, 0.15) is 24.0 Å². The molecule has 0 unspecified atom stereocenters. The van der Waals surface area contributed by atoms with Gasteiger partial charge in [0.05, 0.1) is 23.0 Å². The SMILES string of the molecule is Cc1cccc(OCCOC(=O)CSc2cnc3ccccc3n2)c1. The Bertz CT molecular complexity index is 870. The number of rotatable bonds is 7. The summed E-state index contributed by atoms with van der Waals surface area (Å²) >= 11 is 1.31. The van der Waals surface area contributed by atoms with E-state index in [0.29, 0.717) is 11.6 Å². The van der Waals surface area contributed by atoms with Gasteiger partial charge >= 0.3 is 5.97 Å². The van der Waals surface area contributed by atoms with Crippen LogP contribution in [0.25, 0.3) is 11.0 Å². The zero-order valence-corrected chi connectivity index (χ0v) is 14.7. The Hall–Kier alpha value is -2.60. The van der Waals surface area contributed by atoms with Gasteiger partial charge in [-0.3, -0.25) is 9.78 Å². The molecule has 0 saturated carbocycles. The van der Waals surface area contributed by atoms with E-state index in [1.54, 1.807) is 6.20 Å². The minimum absolute atomic E-state index is 0.192. The molecule has 6 heteroatoms. The van der Waals surface area contributed by atoms with Crippen molar-refractivity contribution in [1.82, 2.24) is 9.97 Å². The lowest BCUT2D eigenvalue weighted by Crippen LogP contribution is -2.13. The summed E-state index contributed by atoms with van der Waals surface area (Å²) in [7, 11) is 0. The number of benzene rings is 2. The molecule has 5 nitrogen and oxygen atoms in total. The van der Waals surface area contributed by atoms with Crippen LogP contribution in [0.1, 0.15) is 5.56 Å². The van der Waals surface area contributed by atoms with Crippen LogP contribution in [0.4, 0.5) is 0 Å². The molecular formula is C19H18N2O3S. The van der Waals surface area contributed by atoms with Crippen molar-refractivity contribution in [3.8, 4) is 5.75 Å². The summed E-state index contributed by atoms with van der Waals surface area (Å²) in [5.74, 6) is 0.668. The van der Waals surface area contributed by atoms with Crippen LogP contribution in [0.2, 0.25) is 0 Å². The van der Waals surface area contributed by atoms with Crippen LogP contribution in [0.5, 0.6) is 5.75 Å². The number of thioether (sulfide) groups is 1. The molecule has 128 valence electrons. The molecule has 1 heterocycles. The molecule has 0 fully saturated rings. The van der Waals surface area contributed by atoms with Crippen molar-refractivity contribution >= 4 is 28.8 Å². The topological polar surface area (TPSA) is 61.3 Å². The van der Waals surface area contributed by atoms with E-state index in [2.05, 4.69) is 9.97 Å². The molecule has 0 spiro atoms. The van der Waals surface area contributed by atoms with E-state index in [-0.39, 0.29) is 18.3 Å². The fraction of sp³-hybridized carbons (Fsp3) is 0.211. The number of nitrogens with zero attached hydrogens (tertiary/aromatic N) is 2. The highest BCUT2D eigenvalue weighted by Crippen LogP contribution is 2.18. The van der Waals surface area contributed by atoms with E-state index in [1.807, 2.05) is 55.5 Å². The summed E-state index contributed by atoms with van der Waals surface area (Å²) in [6.07, 6.45) is 1.67. The number of para-hydroxylation sites is 2. The van der Waals surface area contributed by atoms with Crippen molar-refractivity contribution in [2.45, 2.75) is 11.9 Å². The minimum atomic E-state index is -0.298. The first-order chi connectivity index (χ1) is 12.2. The van der Waals surface area contributed by atoms with E-state index in [9.17, 15) is 4.79 Å². The maximum atomic E-state index is 11.8. The molecule has 2 aromatic carbocycles. The molecule has 0 atom stereocenters. The monoisotopic (exact) mass is 354 g/mol. The normalized spacial score (nSPS) is 10.6. The predicted octanol–water partition coefficient (Wildman–Crippen LogP) is 3.65. The molecule has 0 saturated heterocycles. The molecule has 0 radical (unpaired) electrons. The maximum Gasteiger partial charge on any atom is 0.316 e. The lowest BCUT2D eigenvalue weighted by Gasteiger charge is -2.08. The second-order valence-electron chi connectivity index (χ2n) is 5.37. The Kier molecular flexibility index (Phi) is 5.85. The summed E-state index contributed by atoms with van der Waals surface area (Å²) in [6.45, 7) is 2.55. The zero-order chi connectivity index (χ0) is 17.5. The Morgan fingerprint density at radius 2 is 1.92 bits per heavy atom. The molecule has 0 aliphatic heterocycles. The second-order valence-corrected chi connectivity index (χ2v) is 6.37. The van der Waals surface area contributed by atoms with E-state index >= 15 is 0 Å². The highest BCUT2D eigenvalue weighted by Gasteiger charge is 2.07. The van der Waals surface area contributed by atoms with Crippen LogP contribution in [0.3, 0.4) is 0 Å². The number of fused-ring (bicyclic) bond motifs is 1. The van der Waals surface area contributed by atoms with Crippen molar-refractivity contribution in [3.63, 3.8) is 0 Å². The third-order valence-electron chi connectivity index (χ3n) is 3.37. The Morgan fingerprint density at radius 1 is 1.08 bits per heavy atom. The third kappa shape index (κ3) is 5.19. The zero-order valence-electron chi connectivity index (χ0n) is 13.8. The molecule has 0 N–H and O–H groups in total. The van der Waals surface area contributed by atoms with Crippen LogP contribution in [0.15, 0.2) is 59.8 Å². The van der Waals surface area contributed by atoms with E-state index in [0.717, 1.165) is 22.3 Å². The average Bonchev–Trinajstić information content (AvgIpc) is 2.63. The summed E-state index contributed by atoms with van der Waals surface area (Å²) in [5, 5.41) is 0.701. The van der Waals surface area contributed by atoms with Gasteiger partial charge in [0.2, 0.25) is 0 Å². The molecule has 25 heavy (non-hydrogen) atoms. The molecule has 1 aromatic heterocycles. The van der Waals surface area contributed by atoms with Crippen LogP contribution < -0.4 is 4.74 Å². The van der Waals surface area contributed by atoms with Crippen molar-refractivity contribution in [2.75, 3.05) is 19.0 Å². The largest absolute Gasteiger partial charge is 0.490 e. The van der Waals surface area contributed by atoms with Crippen LogP contribution in [-0.2, 0) is 9.53 Å². The third-order valence-corrected chi connectivity index (χ3v) is 4.24. The first-order valence-corrected chi connectivity index (χ1v) is 8.89. The molecule has 3 rings (SSSR count). The number of hydrogen-bond donors (Lipinski definition) is 0. The standard InChI is InChI=1S/C19H18N2O3S/c1-14-5-4-6-15(11-14)23-9-10-24-19(22)13-25-18-12-20-16-7-2-3-8-17(16)21-18/h2-8,11-12H,9-10,13H2,1H3. The summed E-state index contributed by atoms with van der Waals surface area (Å²) < 4.78 is 10.7. The van der Waals surface area contributed by atoms with Gasteiger partial charge in [0.25, 0.3) is 0 Å². The van der Waals surface area contributed by atoms with Gasteiger partial charge in [-0.25, -0.2) is 4.98 Å². The van der Waals surface area contributed by atoms with Crippen LogP contribution in [0, 0.1) is 6.92 Å². The summed E-state index contributed by atoms with van der Waals surface area (Å²) in [5.41, 5.74) is 2.78. The molecular weight excluding hydrogens is 336 g/mol. The molecule has 3 aromatic rings. The van der Waals surface area contributed by atoms with Crippen molar-refractivity contribution in [1.29, 1.82) is 0 Å². The smallest absolute Gasteiger partial charge is 0.316 e. The van der Waals surface area contributed by atoms with E-state index in [1.165, 1.54) is 11.8 Å². The number of ether oxygens (including phenoxy) is 2. The van der Waals surface area contributed by atoms with Gasteiger partial charge in [0, 0.05) is 0 Å². The van der Waals surface area contributed by atoms with Crippen LogP contribution >= 0.6 is 11.8 Å². The van der Waals surface area contributed by atoms with E-state index in [4.69, 9.17) is 9.47 Å². The van der Waals surface area contributed by atoms with Gasteiger partial charge in [-0.05, 0) is 36.8 Å². The molecule has 0 bridgehead atoms. The maximum absolute atomic E-state index is 11.8. The highest BCUT2D eigenvalue weighted by molar-refractivity contribution is 7.99. The first-order valence-electron chi connectivity index (χ1n) is 7.90. The quantitative estimate of drug-likeness (QED) is 0.367. The number of carbonyl (C=O) groups excluding carboxylic acids is 1.